The van der Waals surface area contributed by atoms with Gasteiger partial charge in [-0.1, -0.05) is 51.9 Å². The first kappa shape index (κ1) is 14.1. The number of aryl methyl sites for hydroxylation is 1. The highest BCUT2D eigenvalue weighted by molar-refractivity contribution is 5.10. The molecule has 0 aliphatic heterocycles. The van der Waals surface area contributed by atoms with E-state index < -0.39 is 0 Å². The lowest BCUT2D eigenvalue weighted by Crippen LogP contribution is -1.96. The van der Waals surface area contributed by atoms with Crippen LogP contribution in [0.1, 0.15) is 64.1 Å². The molecule has 1 aromatic heterocycles. The van der Waals surface area contributed by atoms with Gasteiger partial charge in [-0.25, -0.2) is 0 Å². The van der Waals surface area contributed by atoms with Crippen molar-refractivity contribution >= 4 is 0 Å². The van der Waals surface area contributed by atoms with E-state index in [4.69, 9.17) is 9.15 Å². The van der Waals surface area contributed by atoms with Crippen molar-refractivity contribution in [2.24, 2.45) is 0 Å². The Bertz CT molecular complexity index is 278. The number of hydrogen-bond acceptors (Lipinski definition) is 2. The van der Waals surface area contributed by atoms with Crippen LogP contribution in [0.15, 0.2) is 16.5 Å². The van der Waals surface area contributed by atoms with Crippen LogP contribution >= 0.6 is 0 Å². The second kappa shape index (κ2) is 9.15. The van der Waals surface area contributed by atoms with Gasteiger partial charge in [0, 0.05) is 6.07 Å². The lowest BCUT2D eigenvalue weighted by molar-refractivity contribution is 0.232. The van der Waals surface area contributed by atoms with Gasteiger partial charge in [0.2, 0.25) is 0 Å². The third kappa shape index (κ3) is 7.09. The molecule has 2 heteroatoms. The van der Waals surface area contributed by atoms with Crippen molar-refractivity contribution in [1.82, 2.24) is 0 Å². The predicted molar refractivity (Wildman–Crippen MR) is 71.6 cm³/mol. The van der Waals surface area contributed by atoms with Crippen molar-refractivity contribution in [2.75, 3.05) is 6.61 Å². The van der Waals surface area contributed by atoms with E-state index in [2.05, 4.69) is 6.92 Å². The van der Waals surface area contributed by atoms with Crippen LogP contribution in [0.3, 0.4) is 0 Å². The average Bonchev–Trinajstić information content (AvgIpc) is 2.73. The lowest BCUT2D eigenvalue weighted by Gasteiger charge is -2.03. The molecule has 98 valence electrons. The maximum Gasteiger partial charge on any atom is 0.284 e. The van der Waals surface area contributed by atoms with Crippen LogP contribution < -0.4 is 4.74 Å². The van der Waals surface area contributed by atoms with Crippen LogP contribution in [0.2, 0.25) is 0 Å². The third-order valence-corrected chi connectivity index (χ3v) is 2.96. The minimum absolute atomic E-state index is 0.658. The van der Waals surface area contributed by atoms with E-state index >= 15 is 0 Å². The van der Waals surface area contributed by atoms with E-state index in [0.717, 1.165) is 18.8 Å². The second-order valence-corrected chi connectivity index (χ2v) is 4.69. The number of ether oxygens (including phenoxy) is 1. The summed E-state index contributed by atoms with van der Waals surface area (Å²) in [7, 11) is 0. The Hall–Kier alpha value is -0.920. The van der Waals surface area contributed by atoms with Gasteiger partial charge in [-0.3, -0.25) is 0 Å². The Labute approximate surface area is 105 Å². The molecular weight excluding hydrogens is 212 g/mol. The van der Waals surface area contributed by atoms with E-state index in [9.17, 15) is 0 Å². The van der Waals surface area contributed by atoms with Crippen molar-refractivity contribution in [3.8, 4) is 5.95 Å². The van der Waals surface area contributed by atoms with Gasteiger partial charge >= 0.3 is 0 Å². The Kier molecular flexibility index (Phi) is 7.61. The fraction of sp³-hybridized carbons (Fsp3) is 0.733. The SMILES string of the molecule is CCCCCCCCCCOc1ccc(C)o1. The molecule has 1 rings (SSSR count). The molecule has 0 aliphatic carbocycles. The predicted octanol–water partition coefficient (Wildman–Crippen LogP) is 5.11. The van der Waals surface area contributed by atoms with Gasteiger partial charge in [-0.2, -0.15) is 0 Å². The smallest absolute Gasteiger partial charge is 0.284 e. The molecular formula is C15H26O2. The van der Waals surface area contributed by atoms with Crippen LogP contribution in [0.4, 0.5) is 0 Å². The number of hydrogen-bond donors (Lipinski definition) is 0. The van der Waals surface area contributed by atoms with Gasteiger partial charge in [0.1, 0.15) is 5.76 Å². The monoisotopic (exact) mass is 238 g/mol. The first-order valence-electron chi connectivity index (χ1n) is 7.02. The molecule has 0 aromatic carbocycles. The summed E-state index contributed by atoms with van der Waals surface area (Å²) in [6.07, 6.45) is 10.6. The summed E-state index contributed by atoms with van der Waals surface area (Å²) in [6.45, 7) is 4.97. The highest BCUT2D eigenvalue weighted by atomic mass is 16.6. The highest BCUT2D eigenvalue weighted by Crippen LogP contribution is 2.15. The summed E-state index contributed by atoms with van der Waals surface area (Å²) in [5.74, 6) is 1.57. The molecule has 0 amide bonds. The molecule has 1 aromatic rings. The quantitative estimate of drug-likeness (QED) is 0.529. The van der Waals surface area contributed by atoms with Crippen LogP contribution in [0, 0.1) is 6.92 Å². The van der Waals surface area contributed by atoms with Crippen LogP contribution in [-0.2, 0) is 0 Å². The molecule has 1 heterocycles. The Morgan fingerprint density at radius 1 is 0.941 bits per heavy atom. The van der Waals surface area contributed by atoms with Crippen molar-refractivity contribution in [3.05, 3.63) is 17.9 Å². The van der Waals surface area contributed by atoms with E-state index in [-0.39, 0.29) is 0 Å². The van der Waals surface area contributed by atoms with Crippen molar-refractivity contribution in [2.45, 2.75) is 65.2 Å². The second-order valence-electron chi connectivity index (χ2n) is 4.69. The van der Waals surface area contributed by atoms with Gasteiger partial charge in [0.05, 0.1) is 6.61 Å². The molecule has 0 bridgehead atoms. The molecule has 0 saturated heterocycles. The maximum atomic E-state index is 5.51. The van der Waals surface area contributed by atoms with E-state index in [1.54, 1.807) is 0 Å². The van der Waals surface area contributed by atoms with Crippen LogP contribution in [-0.4, -0.2) is 6.61 Å². The van der Waals surface area contributed by atoms with Gasteiger partial charge in [0.25, 0.3) is 5.95 Å². The largest absolute Gasteiger partial charge is 0.465 e. The maximum absolute atomic E-state index is 5.51. The molecule has 0 unspecified atom stereocenters. The van der Waals surface area contributed by atoms with Crippen molar-refractivity contribution in [1.29, 1.82) is 0 Å². The summed E-state index contributed by atoms with van der Waals surface area (Å²) in [4.78, 5) is 0. The molecule has 0 saturated carbocycles. The minimum Gasteiger partial charge on any atom is -0.465 e. The summed E-state index contributed by atoms with van der Waals surface area (Å²) in [6, 6.07) is 3.82. The first-order chi connectivity index (χ1) is 8.33. The normalized spacial score (nSPS) is 10.7. The minimum atomic E-state index is 0.658. The van der Waals surface area contributed by atoms with Gasteiger partial charge < -0.3 is 9.15 Å². The Morgan fingerprint density at radius 3 is 2.18 bits per heavy atom. The van der Waals surface area contributed by atoms with Crippen molar-refractivity contribution < 1.29 is 9.15 Å². The first-order valence-corrected chi connectivity index (χ1v) is 7.02. The van der Waals surface area contributed by atoms with Gasteiger partial charge in [-0.15, -0.1) is 0 Å². The zero-order chi connectivity index (χ0) is 12.3. The molecule has 0 fully saturated rings. The van der Waals surface area contributed by atoms with Crippen LogP contribution in [0.25, 0.3) is 0 Å². The zero-order valence-corrected chi connectivity index (χ0v) is 11.3. The molecule has 0 N–H and O–H groups in total. The standard InChI is InChI=1S/C15H26O2/c1-3-4-5-6-7-8-9-10-13-16-15-12-11-14(2)17-15/h11-12H,3-10,13H2,1-2H3. The fourth-order valence-corrected chi connectivity index (χ4v) is 1.90. The lowest BCUT2D eigenvalue weighted by atomic mass is 10.1. The summed E-state index contributed by atoms with van der Waals surface area (Å²) >= 11 is 0. The topological polar surface area (TPSA) is 22.4 Å². The average molecular weight is 238 g/mol. The van der Waals surface area contributed by atoms with Crippen molar-refractivity contribution in [3.63, 3.8) is 0 Å². The molecule has 0 aliphatic rings. The van der Waals surface area contributed by atoms with Crippen LogP contribution in [0.5, 0.6) is 5.95 Å². The zero-order valence-electron chi connectivity index (χ0n) is 11.3. The fourth-order valence-electron chi connectivity index (χ4n) is 1.90. The Balaban J connectivity index is 1.84. The number of furan rings is 1. The van der Waals surface area contributed by atoms with E-state index in [1.165, 1.54) is 44.9 Å². The molecule has 0 atom stereocenters. The summed E-state index contributed by atoms with van der Waals surface area (Å²) in [5.41, 5.74) is 0. The summed E-state index contributed by atoms with van der Waals surface area (Å²) < 4.78 is 10.8. The molecule has 17 heavy (non-hydrogen) atoms. The molecule has 0 spiro atoms. The molecule has 0 radical (unpaired) electrons. The number of rotatable bonds is 10. The number of unbranched alkanes of at least 4 members (excludes halogenated alkanes) is 7. The van der Waals surface area contributed by atoms with E-state index in [0.29, 0.717) is 5.95 Å². The van der Waals surface area contributed by atoms with Gasteiger partial charge in [-0.05, 0) is 19.4 Å². The Morgan fingerprint density at radius 2 is 1.59 bits per heavy atom. The van der Waals surface area contributed by atoms with Gasteiger partial charge in [0.15, 0.2) is 0 Å². The molecule has 2 nitrogen and oxygen atoms in total. The summed E-state index contributed by atoms with van der Waals surface area (Å²) in [5, 5.41) is 0. The third-order valence-electron chi connectivity index (χ3n) is 2.96. The van der Waals surface area contributed by atoms with E-state index in [1.807, 2.05) is 19.1 Å². The highest BCUT2D eigenvalue weighted by Gasteiger charge is 1.98.